The molecule has 0 N–H and O–H groups in total. The third-order valence-corrected chi connectivity index (χ3v) is 6.42. The first-order valence-electron chi connectivity index (χ1n) is 7.31. The third-order valence-electron chi connectivity index (χ3n) is 3.58. The summed E-state index contributed by atoms with van der Waals surface area (Å²) in [5.74, 6) is -2.48. The Kier molecular flexibility index (Phi) is 6.59. The maximum atomic E-state index is 12.9. The number of fused-ring (bicyclic) bond motifs is 2. The molecular weight excluding hydrogens is 680 g/mol. The molecule has 132 valence electrons. The Balaban J connectivity index is 0.000000153. The van der Waals surface area contributed by atoms with Gasteiger partial charge < -0.3 is 0 Å². The number of nitrogens with zero attached hydrogens (tertiary/aromatic N) is 1. The molecule has 0 aliphatic heterocycles. The van der Waals surface area contributed by atoms with Crippen molar-refractivity contribution < 1.29 is 13.2 Å². The first-order valence-corrected chi connectivity index (χ1v) is 10.5. The molecule has 1 heterocycles. The molecule has 4 aromatic rings. The molecule has 3 aromatic carbocycles. The molecule has 0 spiro atoms. The van der Waals surface area contributed by atoms with Crippen LogP contribution in [0.15, 0.2) is 54.6 Å². The summed E-state index contributed by atoms with van der Waals surface area (Å²) < 4.78 is 38.3. The number of pyridine rings is 1. The highest BCUT2D eigenvalue weighted by Crippen LogP contribution is 2.28. The number of halogens is 6. The first-order chi connectivity index (χ1) is 12.4. The van der Waals surface area contributed by atoms with E-state index in [0.29, 0.717) is 0 Å². The molecule has 0 aliphatic carbocycles. The Morgan fingerprint density at radius 3 is 1.31 bits per heavy atom. The Morgan fingerprint density at radius 2 is 0.923 bits per heavy atom. The van der Waals surface area contributed by atoms with E-state index in [4.69, 9.17) is 0 Å². The molecule has 4 rings (SSSR count). The standard InChI is InChI=1S/C13H9N.C6F3I3/c1-3-7-12-10(5-1)9-11-6-2-4-8-13(11)14-12;7-1-4(10)2(8)6(12)3(9)5(1)11/h1-9H;. The molecule has 1 aromatic heterocycles. The summed E-state index contributed by atoms with van der Waals surface area (Å²) in [6, 6.07) is 18.6. The van der Waals surface area contributed by atoms with Crippen molar-refractivity contribution in [2.75, 3.05) is 0 Å². The molecule has 0 radical (unpaired) electrons. The van der Waals surface area contributed by atoms with Gasteiger partial charge in [0.1, 0.15) is 0 Å². The fourth-order valence-corrected chi connectivity index (χ4v) is 5.46. The molecular formula is C19H9F3I3N. The van der Waals surface area contributed by atoms with Crippen LogP contribution in [0, 0.1) is 28.2 Å². The zero-order chi connectivity index (χ0) is 18.8. The quantitative estimate of drug-likeness (QED) is 0.0818. The summed E-state index contributed by atoms with van der Waals surface area (Å²) >= 11 is 4.53. The Labute approximate surface area is 188 Å². The third kappa shape index (κ3) is 4.08. The average Bonchev–Trinajstić information content (AvgIpc) is 2.68. The van der Waals surface area contributed by atoms with Crippen LogP contribution in [0.2, 0.25) is 0 Å². The van der Waals surface area contributed by atoms with Crippen molar-refractivity contribution in [1.82, 2.24) is 4.98 Å². The van der Waals surface area contributed by atoms with Crippen LogP contribution >= 0.6 is 67.8 Å². The summed E-state index contributed by atoms with van der Waals surface area (Å²) in [4.78, 5) is 4.58. The van der Waals surface area contributed by atoms with Crippen LogP contribution in [-0.4, -0.2) is 4.98 Å². The van der Waals surface area contributed by atoms with Gasteiger partial charge in [-0.25, -0.2) is 18.2 Å². The molecule has 26 heavy (non-hydrogen) atoms. The van der Waals surface area contributed by atoms with Gasteiger partial charge in [0, 0.05) is 10.8 Å². The Bertz CT molecular complexity index is 906. The minimum absolute atomic E-state index is 0.164. The number of hydrogen-bond donors (Lipinski definition) is 0. The molecule has 1 nitrogen and oxygen atoms in total. The van der Waals surface area contributed by atoms with E-state index >= 15 is 0 Å². The lowest BCUT2D eigenvalue weighted by molar-refractivity contribution is 0.515. The van der Waals surface area contributed by atoms with Gasteiger partial charge in [0.05, 0.1) is 21.7 Å². The summed E-state index contributed by atoms with van der Waals surface area (Å²) in [5, 5.41) is 2.40. The van der Waals surface area contributed by atoms with Crippen molar-refractivity contribution in [3.05, 3.63) is 82.8 Å². The Morgan fingerprint density at radius 1 is 0.577 bits per heavy atom. The highest BCUT2D eigenvalue weighted by atomic mass is 127. The van der Waals surface area contributed by atoms with Crippen LogP contribution in [0.5, 0.6) is 0 Å². The fourth-order valence-electron chi connectivity index (χ4n) is 2.30. The molecule has 0 saturated heterocycles. The maximum absolute atomic E-state index is 12.9. The topological polar surface area (TPSA) is 12.9 Å². The average molecular weight is 689 g/mol. The largest absolute Gasteiger partial charge is 0.248 e. The molecule has 0 atom stereocenters. The van der Waals surface area contributed by atoms with E-state index in [-0.39, 0.29) is 10.7 Å². The summed E-state index contributed by atoms with van der Waals surface area (Å²) in [6.07, 6.45) is 0. The van der Waals surface area contributed by atoms with Crippen molar-refractivity contribution >= 4 is 89.6 Å². The highest BCUT2D eigenvalue weighted by Gasteiger charge is 2.20. The van der Waals surface area contributed by atoms with Crippen molar-refractivity contribution in [3.8, 4) is 0 Å². The summed E-state index contributed by atoms with van der Waals surface area (Å²) in [5.41, 5.74) is 2.12. The highest BCUT2D eigenvalue weighted by molar-refractivity contribution is 14.1. The van der Waals surface area contributed by atoms with Crippen LogP contribution < -0.4 is 0 Å². The van der Waals surface area contributed by atoms with E-state index in [0.717, 1.165) is 11.0 Å². The lowest BCUT2D eigenvalue weighted by Crippen LogP contribution is -2.01. The number of rotatable bonds is 0. The van der Waals surface area contributed by atoms with Gasteiger partial charge in [0.25, 0.3) is 0 Å². The maximum Gasteiger partial charge on any atom is 0.155 e. The number of hydrogen-bond acceptors (Lipinski definition) is 1. The van der Waals surface area contributed by atoms with E-state index in [2.05, 4.69) is 23.2 Å². The van der Waals surface area contributed by atoms with Gasteiger partial charge in [-0.1, -0.05) is 36.4 Å². The van der Waals surface area contributed by atoms with E-state index in [9.17, 15) is 13.2 Å². The fraction of sp³-hybridized carbons (Fsp3) is 0. The van der Waals surface area contributed by atoms with Gasteiger partial charge in [0.2, 0.25) is 0 Å². The zero-order valence-corrected chi connectivity index (χ0v) is 19.4. The van der Waals surface area contributed by atoms with Gasteiger partial charge in [-0.3, -0.25) is 0 Å². The van der Waals surface area contributed by atoms with Gasteiger partial charge in [-0.05, 0) is 86.0 Å². The van der Waals surface area contributed by atoms with Crippen LogP contribution in [-0.2, 0) is 0 Å². The second-order valence-electron chi connectivity index (χ2n) is 5.26. The van der Waals surface area contributed by atoms with Gasteiger partial charge >= 0.3 is 0 Å². The van der Waals surface area contributed by atoms with Crippen molar-refractivity contribution in [2.24, 2.45) is 0 Å². The molecule has 0 fully saturated rings. The smallest absolute Gasteiger partial charge is 0.155 e. The predicted octanol–water partition coefficient (Wildman–Crippen LogP) is 7.31. The van der Waals surface area contributed by atoms with Gasteiger partial charge in [0.15, 0.2) is 17.5 Å². The van der Waals surface area contributed by atoms with Crippen LogP contribution in [0.3, 0.4) is 0 Å². The van der Waals surface area contributed by atoms with Crippen molar-refractivity contribution in [2.45, 2.75) is 0 Å². The minimum Gasteiger partial charge on any atom is -0.248 e. The second kappa shape index (κ2) is 8.55. The minimum atomic E-state index is -0.827. The molecule has 0 unspecified atom stereocenters. The molecule has 0 bridgehead atoms. The van der Waals surface area contributed by atoms with Gasteiger partial charge in [-0.2, -0.15) is 0 Å². The monoisotopic (exact) mass is 689 g/mol. The van der Waals surface area contributed by atoms with E-state index < -0.39 is 17.5 Å². The predicted molar refractivity (Wildman–Crippen MR) is 124 cm³/mol. The number of benzene rings is 3. The lowest BCUT2D eigenvalue weighted by atomic mass is 10.1. The molecule has 0 amide bonds. The summed E-state index contributed by atoms with van der Waals surface area (Å²) in [7, 11) is 0. The SMILES string of the molecule is Fc1c(I)c(F)c(I)c(F)c1I.c1ccc2nc3ccccc3cc2c1. The van der Waals surface area contributed by atoms with Crippen LogP contribution in [0.25, 0.3) is 21.8 Å². The van der Waals surface area contributed by atoms with Crippen LogP contribution in [0.1, 0.15) is 0 Å². The summed E-state index contributed by atoms with van der Waals surface area (Å²) in [6.45, 7) is 0. The number of para-hydroxylation sites is 2. The molecule has 7 heteroatoms. The number of aromatic nitrogens is 1. The first kappa shape index (κ1) is 20.1. The van der Waals surface area contributed by atoms with Crippen LogP contribution in [0.4, 0.5) is 13.2 Å². The van der Waals surface area contributed by atoms with Gasteiger partial charge in [-0.15, -0.1) is 0 Å². The van der Waals surface area contributed by atoms with E-state index in [1.165, 1.54) is 78.5 Å². The molecule has 0 aliphatic rings. The zero-order valence-electron chi connectivity index (χ0n) is 12.9. The van der Waals surface area contributed by atoms with E-state index in [1.807, 2.05) is 36.4 Å². The lowest BCUT2D eigenvalue weighted by Gasteiger charge is -2.03. The Hall–Kier alpha value is -0.690. The second-order valence-corrected chi connectivity index (χ2v) is 8.49. The molecule has 0 saturated carbocycles. The van der Waals surface area contributed by atoms with E-state index in [1.54, 1.807) is 0 Å². The van der Waals surface area contributed by atoms with Crippen molar-refractivity contribution in [3.63, 3.8) is 0 Å². The van der Waals surface area contributed by atoms with Crippen molar-refractivity contribution in [1.29, 1.82) is 0 Å². The normalized spacial score (nSPS) is 10.7.